The fourth-order valence-electron chi connectivity index (χ4n) is 3.98. The number of nitrogens with zero attached hydrogens (tertiary/aromatic N) is 1. The van der Waals surface area contributed by atoms with Crippen LogP contribution >= 0.6 is 22.7 Å². The van der Waals surface area contributed by atoms with Crippen molar-refractivity contribution in [3.63, 3.8) is 0 Å². The van der Waals surface area contributed by atoms with Gasteiger partial charge in [0.1, 0.15) is 0 Å². The van der Waals surface area contributed by atoms with Crippen molar-refractivity contribution < 1.29 is 0 Å². The van der Waals surface area contributed by atoms with E-state index in [0.717, 1.165) is 12.8 Å². The normalized spacial score (nSPS) is 11.0. The summed E-state index contributed by atoms with van der Waals surface area (Å²) in [6, 6.07) is 35.4. The molecule has 0 bridgehead atoms. The van der Waals surface area contributed by atoms with Crippen LogP contribution in [0.3, 0.4) is 0 Å². The Labute approximate surface area is 204 Å². The van der Waals surface area contributed by atoms with Gasteiger partial charge < -0.3 is 4.90 Å². The smallest absolute Gasteiger partial charge is 0.0461 e. The average Bonchev–Trinajstić information content (AvgIpc) is 3.53. The topological polar surface area (TPSA) is 3.24 Å². The maximum absolute atomic E-state index is 2.33. The van der Waals surface area contributed by atoms with Crippen LogP contribution in [0.5, 0.6) is 0 Å². The lowest BCUT2D eigenvalue weighted by Crippen LogP contribution is -2.10. The first-order valence-electron chi connectivity index (χ1n) is 11.3. The first-order chi connectivity index (χ1) is 16.2. The first kappa shape index (κ1) is 21.7. The van der Waals surface area contributed by atoms with E-state index in [0.29, 0.717) is 0 Å². The summed E-state index contributed by atoms with van der Waals surface area (Å²) in [6.45, 7) is 4.26. The molecule has 0 amide bonds. The second kappa shape index (κ2) is 9.78. The van der Waals surface area contributed by atoms with Gasteiger partial charge in [-0.3, -0.25) is 0 Å². The van der Waals surface area contributed by atoms with Gasteiger partial charge in [-0.15, -0.1) is 22.7 Å². The Morgan fingerprint density at radius 1 is 0.576 bits per heavy atom. The molecular weight excluding hydrogens is 438 g/mol. The fourth-order valence-corrected chi connectivity index (χ4v) is 5.82. The van der Waals surface area contributed by atoms with Crippen molar-refractivity contribution in [1.29, 1.82) is 0 Å². The SMILES string of the molecule is Cc1ccc(N(c2ccc(C)cc2)c2ccc(CCc3ccc(-c4cccs4)s3)cc2)cc1. The Bertz CT molecular complexity index is 1250. The van der Waals surface area contributed by atoms with Crippen molar-refractivity contribution in [1.82, 2.24) is 0 Å². The molecule has 0 unspecified atom stereocenters. The van der Waals surface area contributed by atoms with E-state index in [1.807, 2.05) is 22.7 Å². The minimum atomic E-state index is 1.06. The van der Waals surface area contributed by atoms with Gasteiger partial charge in [0.25, 0.3) is 0 Å². The first-order valence-corrected chi connectivity index (χ1v) is 13.0. The van der Waals surface area contributed by atoms with Crippen LogP contribution in [0, 0.1) is 13.8 Å². The summed E-state index contributed by atoms with van der Waals surface area (Å²) in [4.78, 5) is 6.52. The highest BCUT2D eigenvalue weighted by Gasteiger charge is 2.12. The van der Waals surface area contributed by atoms with Crippen molar-refractivity contribution in [3.05, 3.63) is 124 Å². The third-order valence-corrected chi connectivity index (χ3v) is 8.08. The molecule has 0 N–H and O–H groups in total. The van der Waals surface area contributed by atoms with Gasteiger partial charge in [0.05, 0.1) is 0 Å². The number of hydrogen-bond donors (Lipinski definition) is 0. The van der Waals surface area contributed by atoms with Crippen LogP contribution in [0.15, 0.2) is 102 Å². The van der Waals surface area contributed by atoms with Crippen LogP contribution in [0.1, 0.15) is 21.6 Å². The van der Waals surface area contributed by atoms with E-state index in [4.69, 9.17) is 0 Å². The van der Waals surface area contributed by atoms with Crippen molar-refractivity contribution in [2.24, 2.45) is 0 Å². The van der Waals surface area contributed by atoms with Crippen molar-refractivity contribution in [2.45, 2.75) is 26.7 Å². The van der Waals surface area contributed by atoms with Crippen molar-refractivity contribution in [2.75, 3.05) is 4.90 Å². The molecule has 0 atom stereocenters. The third kappa shape index (κ3) is 5.11. The zero-order valence-electron chi connectivity index (χ0n) is 19.0. The highest BCUT2D eigenvalue weighted by Crippen LogP contribution is 2.35. The summed E-state index contributed by atoms with van der Waals surface area (Å²) in [7, 11) is 0. The molecule has 0 aliphatic heterocycles. The second-order valence-electron chi connectivity index (χ2n) is 8.42. The lowest BCUT2D eigenvalue weighted by Gasteiger charge is -2.26. The van der Waals surface area contributed by atoms with Crippen LogP contribution in [0.2, 0.25) is 0 Å². The largest absolute Gasteiger partial charge is 0.311 e. The summed E-state index contributed by atoms with van der Waals surface area (Å²) < 4.78 is 0. The minimum Gasteiger partial charge on any atom is -0.311 e. The van der Waals surface area contributed by atoms with Crippen LogP contribution in [0.25, 0.3) is 9.75 Å². The molecule has 0 saturated heterocycles. The highest BCUT2D eigenvalue weighted by molar-refractivity contribution is 7.21. The Balaban J connectivity index is 1.34. The number of hydrogen-bond acceptors (Lipinski definition) is 3. The van der Waals surface area contributed by atoms with E-state index in [2.05, 4.69) is 121 Å². The average molecular weight is 466 g/mol. The van der Waals surface area contributed by atoms with Gasteiger partial charge in [0, 0.05) is 31.7 Å². The summed E-state index contributed by atoms with van der Waals surface area (Å²) in [5, 5.41) is 2.15. The van der Waals surface area contributed by atoms with Crippen molar-refractivity contribution >= 4 is 39.7 Å². The standard InChI is InChI=1S/C30H27NS2/c1-22-5-12-25(13-6-22)31(26-14-7-23(2)8-15-26)27-16-9-24(10-17-27)11-18-28-19-20-30(33-28)29-4-3-21-32-29/h3-10,12-17,19-21H,11,18H2,1-2H3. The summed E-state index contributed by atoms with van der Waals surface area (Å²) in [5.41, 5.74) is 7.46. The second-order valence-corrected chi connectivity index (χ2v) is 10.5. The van der Waals surface area contributed by atoms with Crippen LogP contribution in [0.4, 0.5) is 17.1 Å². The highest BCUT2D eigenvalue weighted by atomic mass is 32.1. The maximum Gasteiger partial charge on any atom is 0.0461 e. The van der Waals surface area contributed by atoms with E-state index in [-0.39, 0.29) is 0 Å². The number of rotatable bonds is 7. The molecule has 0 aliphatic rings. The predicted octanol–water partition coefficient (Wildman–Crippen LogP) is 9.35. The van der Waals surface area contributed by atoms with Gasteiger partial charge in [0.15, 0.2) is 0 Å². The molecule has 2 aromatic heterocycles. The number of aryl methyl sites for hydroxylation is 4. The van der Waals surface area contributed by atoms with Crippen LogP contribution in [-0.4, -0.2) is 0 Å². The molecule has 3 aromatic carbocycles. The molecule has 3 heteroatoms. The van der Waals surface area contributed by atoms with E-state index >= 15 is 0 Å². The number of thiophene rings is 2. The Hall–Kier alpha value is -3.14. The monoisotopic (exact) mass is 465 g/mol. The molecule has 1 nitrogen and oxygen atoms in total. The number of anilines is 3. The quantitative estimate of drug-likeness (QED) is 0.231. The molecule has 0 radical (unpaired) electrons. The summed E-state index contributed by atoms with van der Waals surface area (Å²) >= 11 is 3.73. The zero-order valence-corrected chi connectivity index (χ0v) is 20.6. The van der Waals surface area contributed by atoms with Gasteiger partial charge >= 0.3 is 0 Å². The maximum atomic E-state index is 2.33. The third-order valence-electron chi connectivity index (χ3n) is 5.86. The van der Waals surface area contributed by atoms with E-state index in [1.165, 1.54) is 48.4 Å². The minimum absolute atomic E-state index is 1.06. The van der Waals surface area contributed by atoms with Gasteiger partial charge in [-0.25, -0.2) is 0 Å². The Morgan fingerprint density at radius 2 is 1.15 bits per heavy atom. The Kier molecular flexibility index (Phi) is 6.43. The van der Waals surface area contributed by atoms with Gasteiger partial charge in [-0.05, 0) is 92.2 Å². The van der Waals surface area contributed by atoms with Crippen LogP contribution in [-0.2, 0) is 12.8 Å². The molecule has 5 rings (SSSR count). The molecule has 5 aromatic rings. The number of benzene rings is 3. The van der Waals surface area contributed by atoms with Gasteiger partial charge in [0.2, 0.25) is 0 Å². The molecule has 0 aliphatic carbocycles. The molecule has 33 heavy (non-hydrogen) atoms. The van der Waals surface area contributed by atoms with Gasteiger partial charge in [-0.2, -0.15) is 0 Å². The van der Waals surface area contributed by atoms with Crippen LogP contribution < -0.4 is 4.90 Å². The Morgan fingerprint density at radius 3 is 1.70 bits per heavy atom. The summed E-state index contributed by atoms with van der Waals surface area (Å²) in [5.74, 6) is 0. The molecule has 0 saturated carbocycles. The lowest BCUT2D eigenvalue weighted by molar-refractivity contribution is 0.980. The fraction of sp³-hybridized carbons (Fsp3) is 0.133. The molecule has 0 spiro atoms. The molecular formula is C30H27NS2. The van der Waals surface area contributed by atoms with Gasteiger partial charge in [-0.1, -0.05) is 53.6 Å². The molecule has 0 fully saturated rings. The lowest BCUT2D eigenvalue weighted by atomic mass is 10.1. The summed E-state index contributed by atoms with van der Waals surface area (Å²) in [6.07, 6.45) is 2.13. The zero-order chi connectivity index (χ0) is 22.6. The van der Waals surface area contributed by atoms with E-state index in [1.54, 1.807) is 0 Å². The molecule has 2 heterocycles. The molecule has 164 valence electrons. The predicted molar refractivity (Wildman–Crippen MR) is 146 cm³/mol. The van der Waals surface area contributed by atoms with E-state index in [9.17, 15) is 0 Å². The van der Waals surface area contributed by atoms with E-state index < -0.39 is 0 Å². The van der Waals surface area contributed by atoms with Crippen molar-refractivity contribution in [3.8, 4) is 9.75 Å².